The van der Waals surface area contributed by atoms with Crippen molar-refractivity contribution in [1.29, 1.82) is 0 Å². The molecule has 0 saturated heterocycles. The van der Waals surface area contributed by atoms with Crippen LogP contribution in [0.2, 0.25) is 0 Å². The van der Waals surface area contributed by atoms with Crippen LogP contribution in [-0.2, 0) is 4.79 Å². The summed E-state index contributed by atoms with van der Waals surface area (Å²) in [6.07, 6.45) is 2.19. The van der Waals surface area contributed by atoms with Crippen LogP contribution in [0.5, 0.6) is 0 Å². The van der Waals surface area contributed by atoms with E-state index in [1.54, 1.807) is 6.92 Å². The SMILES string of the molecule is CC(=O)C(C)CCCSCCS. The molecule has 0 fully saturated rings. The second-order valence-electron chi connectivity index (χ2n) is 2.99. The van der Waals surface area contributed by atoms with Crippen molar-refractivity contribution in [2.75, 3.05) is 17.3 Å². The van der Waals surface area contributed by atoms with Crippen molar-refractivity contribution in [3.8, 4) is 0 Å². The average molecular weight is 206 g/mol. The van der Waals surface area contributed by atoms with Crippen molar-refractivity contribution in [3.63, 3.8) is 0 Å². The van der Waals surface area contributed by atoms with Crippen LogP contribution in [0.1, 0.15) is 26.7 Å². The second-order valence-corrected chi connectivity index (χ2v) is 4.66. The minimum atomic E-state index is 0.251. The molecule has 12 heavy (non-hydrogen) atoms. The van der Waals surface area contributed by atoms with Crippen molar-refractivity contribution in [1.82, 2.24) is 0 Å². The molecule has 0 N–H and O–H groups in total. The lowest BCUT2D eigenvalue weighted by atomic mass is 10.0. The Labute approximate surface area is 85.1 Å². The predicted octanol–water partition coefficient (Wildman–Crippen LogP) is 2.65. The Bertz CT molecular complexity index is 126. The Morgan fingerprint density at radius 3 is 2.67 bits per heavy atom. The fourth-order valence-corrected chi connectivity index (χ4v) is 1.95. The van der Waals surface area contributed by atoms with Gasteiger partial charge in [-0.05, 0) is 31.3 Å². The summed E-state index contributed by atoms with van der Waals surface area (Å²) in [7, 11) is 0. The van der Waals surface area contributed by atoms with E-state index in [1.165, 1.54) is 0 Å². The summed E-state index contributed by atoms with van der Waals surface area (Å²) in [5, 5.41) is 0. The Morgan fingerprint density at radius 2 is 2.17 bits per heavy atom. The third kappa shape index (κ3) is 7.04. The lowest BCUT2D eigenvalue weighted by molar-refractivity contribution is -0.120. The van der Waals surface area contributed by atoms with Crippen molar-refractivity contribution in [3.05, 3.63) is 0 Å². The lowest BCUT2D eigenvalue weighted by Crippen LogP contribution is -2.06. The molecule has 0 rings (SSSR count). The van der Waals surface area contributed by atoms with Gasteiger partial charge >= 0.3 is 0 Å². The highest BCUT2D eigenvalue weighted by atomic mass is 32.2. The maximum atomic E-state index is 10.8. The Hall–Kier alpha value is 0.370. The zero-order valence-corrected chi connectivity index (χ0v) is 9.59. The fraction of sp³-hybridized carbons (Fsp3) is 0.889. The van der Waals surface area contributed by atoms with Gasteiger partial charge in [0.1, 0.15) is 5.78 Å². The average Bonchev–Trinajstić information content (AvgIpc) is 2.03. The predicted molar refractivity (Wildman–Crippen MR) is 60.3 cm³/mol. The van der Waals surface area contributed by atoms with E-state index in [4.69, 9.17) is 0 Å². The van der Waals surface area contributed by atoms with Gasteiger partial charge in [0.05, 0.1) is 0 Å². The van der Waals surface area contributed by atoms with Crippen LogP contribution in [0.15, 0.2) is 0 Å². The molecule has 0 radical (unpaired) electrons. The minimum absolute atomic E-state index is 0.251. The van der Waals surface area contributed by atoms with Gasteiger partial charge in [-0.2, -0.15) is 24.4 Å². The van der Waals surface area contributed by atoms with Gasteiger partial charge in [-0.3, -0.25) is 4.79 Å². The van der Waals surface area contributed by atoms with Gasteiger partial charge in [-0.15, -0.1) is 0 Å². The fourth-order valence-electron chi connectivity index (χ4n) is 0.861. The van der Waals surface area contributed by atoms with E-state index in [-0.39, 0.29) is 5.92 Å². The highest BCUT2D eigenvalue weighted by Crippen LogP contribution is 2.11. The van der Waals surface area contributed by atoms with Crippen LogP contribution in [0.3, 0.4) is 0 Å². The molecule has 0 bridgehead atoms. The second kappa shape index (κ2) is 7.99. The molecule has 3 heteroatoms. The molecule has 0 aromatic rings. The highest BCUT2D eigenvalue weighted by molar-refractivity contribution is 7.99. The summed E-state index contributed by atoms with van der Waals surface area (Å²) in [6, 6.07) is 0. The first-order valence-electron chi connectivity index (χ1n) is 4.37. The molecule has 0 saturated carbocycles. The molecule has 0 aliphatic carbocycles. The first-order valence-corrected chi connectivity index (χ1v) is 6.16. The maximum Gasteiger partial charge on any atom is 0.132 e. The topological polar surface area (TPSA) is 17.1 Å². The van der Waals surface area contributed by atoms with Crippen LogP contribution in [0.4, 0.5) is 0 Å². The largest absolute Gasteiger partial charge is 0.300 e. The number of rotatable bonds is 7. The van der Waals surface area contributed by atoms with Gasteiger partial charge in [0.15, 0.2) is 0 Å². The van der Waals surface area contributed by atoms with E-state index in [9.17, 15) is 4.79 Å². The maximum absolute atomic E-state index is 10.8. The van der Waals surface area contributed by atoms with Crippen LogP contribution >= 0.6 is 24.4 Å². The molecular weight excluding hydrogens is 188 g/mol. The van der Waals surface area contributed by atoms with E-state index in [0.29, 0.717) is 5.78 Å². The van der Waals surface area contributed by atoms with Gasteiger partial charge in [-0.25, -0.2) is 0 Å². The molecule has 1 nitrogen and oxygen atoms in total. The first-order chi connectivity index (χ1) is 5.68. The number of carbonyl (C=O) groups is 1. The van der Waals surface area contributed by atoms with Gasteiger partial charge in [0.2, 0.25) is 0 Å². The van der Waals surface area contributed by atoms with Gasteiger partial charge in [0.25, 0.3) is 0 Å². The van der Waals surface area contributed by atoms with Crippen molar-refractivity contribution in [2.24, 2.45) is 5.92 Å². The summed E-state index contributed by atoms with van der Waals surface area (Å²) in [5.41, 5.74) is 0. The Balaban J connectivity index is 3.14. The molecule has 1 atom stereocenters. The van der Waals surface area contributed by atoms with E-state index in [0.717, 1.165) is 30.1 Å². The number of ketones is 1. The summed E-state index contributed by atoms with van der Waals surface area (Å²) in [5.74, 6) is 3.80. The number of hydrogen-bond acceptors (Lipinski definition) is 3. The van der Waals surface area contributed by atoms with E-state index < -0.39 is 0 Å². The van der Waals surface area contributed by atoms with Crippen LogP contribution in [0, 0.1) is 5.92 Å². The molecular formula is C9H18OS2. The van der Waals surface area contributed by atoms with Crippen LogP contribution < -0.4 is 0 Å². The molecule has 0 aliphatic rings. The molecule has 0 aromatic heterocycles. The molecule has 0 spiro atoms. The van der Waals surface area contributed by atoms with Gasteiger partial charge in [0, 0.05) is 11.7 Å². The smallest absolute Gasteiger partial charge is 0.132 e. The summed E-state index contributed by atoms with van der Waals surface area (Å²) >= 11 is 6.04. The van der Waals surface area contributed by atoms with Crippen LogP contribution in [-0.4, -0.2) is 23.0 Å². The summed E-state index contributed by atoms with van der Waals surface area (Å²) < 4.78 is 0. The van der Waals surface area contributed by atoms with Crippen molar-refractivity contribution in [2.45, 2.75) is 26.7 Å². The van der Waals surface area contributed by atoms with Crippen LogP contribution in [0.25, 0.3) is 0 Å². The number of hydrogen-bond donors (Lipinski definition) is 1. The van der Waals surface area contributed by atoms with E-state index in [2.05, 4.69) is 12.6 Å². The summed E-state index contributed by atoms with van der Waals surface area (Å²) in [4.78, 5) is 10.8. The standard InChI is InChI=1S/C9H18OS2/c1-8(9(2)10)4-3-6-12-7-5-11/h8,11H,3-7H2,1-2H3. The molecule has 0 aliphatic heterocycles. The number of carbonyl (C=O) groups excluding carboxylic acids is 1. The monoisotopic (exact) mass is 206 g/mol. The molecule has 0 amide bonds. The van der Waals surface area contributed by atoms with Gasteiger partial charge < -0.3 is 0 Å². The zero-order chi connectivity index (χ0) is 9.40. The highest BCUT2D eigenvalue weighted by Gasteiger charge is 2.05. The molecule has 0 aromatic carbocycles. The van der Waals surface area contributed by atoms with Crippen molar-refractivity contribution >= 4 is 30.2 Å². The Morgan fingerprint density at radius 1 is 1.50 bits per heavy atom. The summed E-state index contributed by atoms with van der Waals surface area (Å²) in [6.45, 7) is 3.68. The third-order valence-corrected chi connectivity index (χ3v) is 3.45. The van der Waals surface area contributed by atoms with E-state index in [1.807, 2.05) is 18.7 Å². The van der Waals surface area contributed by atoms with Crippen molar-refractivity contribution < 1.29 is 4.79 Å². The van der Waals surface area contributed by atoms with E-state index >= 15 is 0 Å². The Kier molecular flexibility index (Phi) is 8.24. The molecule has 0 heterocycles. The number of Topliss-reactive ketones (excluding diaryl/α,β-unsaturated/α-hetero) is 1. The first kappa shape index (κ1) is 12.4. The third-order valence-electron chi connectivity index (χ3n) is 1.86. The molecule has 1 unspecified atom stereocenters. The normalized spacial score (nSPS) is 12.9. The number of thioether (sulfide) groups is 1. The number of thiol groups is 1. The minimum Gasteiger partial charge on any atom is -0.300 e. The molecule has 72 valence electrons. The van der Waals surface area contributed by atoms with Gasteiger partial charge in [-0.1, -0.05) is 6.92 Å². The lowest BCUT2D eigenvalue weighted by Gasteiger charge is -2.05. The quantitative estimate of drug-likeness (QED) is 0.509. The zero-order valence-electron chi connectivity index (χ0n) is 7.88.